The highest BCUT2D eigenvalue weighted by molar-refractivity contribution is 6.04. The van der Waals surface area contributed by atoms with Gasteiger partial charge in [0, 0.05) is 13.1 Å². The summed E-state index contributed by atoms with van der Waals surface area (Å²) in [6, 6.07) is 10.2. The fourth-order valence-corrected chi connectivity index (χ4v) is 2.06. The molecule has 0 atom stereocenters. The predicted octanol–water partition coefficient (Wildman–Crippen LogP) is 2.68. The van der Waals surface area contributed by atoms with Crippen LogP contribution in [0, 0.1) is 5.41 Å². The molecule has 0 saturated carbocycles. The second kappa shape index (κ2) is 9.23. The minimum Gasteiger partial charge on any atom is -0.355 e. The maximum absolute atomic E-state index is 12.2. The van der Waals surface area contributed by atoms with E-state index in [4.69, 9.17) is 0 Å². The second-order valence-electron chi connectivity index (χ2n) is 6.08. The van der Waals surface area contributed by atoms with E-state index in [0.717, 1.165) is 25.7 Å². The summed E-state index contributed by atoms with van der Waals surface area (Å²) in [4.78, 5) is 24.2. The highest BCUT2D eigenvalue weighted by atomic mass is 16.2. The molecule has 0 unspecified atom stereocenters. The molecule has 0 radical (unpaired) electrons. The Morgan fingerprint density at radius 2 is 1.50 bits per heavy atom. The van der Waals surface area contributed by atoms with Gasteiger partial charge in [-0.2, -0.15) is 0 Å². The lowest BCUT2D eigenvalue weighted by atomic mass is 9.91. The van der Waals surface area contributed by atoms with E-state index in [2.05, 4.69) is 29.7 Å². The van der Waals surface area contributed by atoms with Gasteiger partial charge in [0.2, 0.25) is 11.8 Å². The van der Waals surface area contributed by atoms with E-state index in [1.54, 1.807) is 13.8 Å². The summed E-state index contributed by atoms with van der Waals surface area (Å²) in [7, 11) is 0. The lowest BCUT2D eigenvalue weighted by molar-refractivity contribution is -0.141. The number of unbranched alkanes of at least 4 members (excludes halogenated alkanes) is 1. The summed E-state index contributed by atoms with van der Waals surface area (Å²) in [5, 5.41) is 5.69. The van der Waals surface area contributed by atoms with Crippen molar-refractivity contribution in [2.24, 2.45) is 5.41 Å². The molecule has 4 nitrogen and oxygen atoms in total. The minimum atomic E-state index is -1.03. The molecule has 0 saturated heterocycles. The molecule has 0 heterocycles. The van der Waals surface area contributed by atoms with E-state index in [0.29, 0.717) is 13.1 Å². The van der Waals surface area contributed by atoms with Gasteiger partial charge in [0.15, 0.2) is 0 Å². The van der Waals surface area contributed by atoms with Crippen LogP contribution in [0.3, 0.4) is 0 Å². The van der Waals surface area contributed by atoms with Gasteiger partial charge in [0.1, 0.15) is 5.41 Å². The number of amides is 2. The molecule has 0 bridgehead atoms. The fraction of sp³-hybridized carbons (Fsp3) is 0.556. The first-order valence-corrected chi connectivity index (χ1v) is 8.09. The Bertz CT molecular complexity index is 469. The average molecular weight is 304 g/mol. The van der Waals surface area contributed by atoms with Crippen LogP contribution in [-0.2, 0) is 16.0 Å². The molecule has 2 amide bonds. The predicted molar refractivity (Wildman–Crippen MR) is 89.5 cm³/mol. The quantitative estimate of drug-likeness (QED) is 0.544. The first kappa shape index (κ1) is 18.2. The second-order valence-corrected chi connectivity index (χ2v) is 6.08. The van der Waals surface area contributed by atoms with Gasteiger partial charge < -0.3 is 10.6 Å². The molecule has 0 spiro atoms. The van der Waals surface area contributed by atoms with Crippen LogP contribution in [0.15, 0.2) is 30.3 Å². The molecule has 1 rings (SSSR count). The molecular weight excluding hydrogens is 276 g/mol. The molecule has 0 fully saturated rings. The maximum Gasteiger partial charge on any atom is 0.235 e. The van der Waals surface area contributed by atoms with Crippen molar-refractivity contribution in [2.75, 3.05) is 13.1 Å². The minimum absolute atomic E-state index is 0.207. The lowest BCUT2D eigenvalue weighted by Crippen LogP contribution is -2.48. The van der Waals surface area contributed by atoms with Crippen LogP contribution in [0.2, 0.25) is 0 Å². The van der Waals surface area contributed by atoms with Gasteiger partial charge in [-0.25, -0.2) is 0 Å². The highest BCUT2D eigenvalue weighted by Gasteiger charge is 2.35. The Hall–Kier alpha value is -1.84. The van der Waals surface area contributed by atoms with Crippen LogP contribution in [0.5, 0.6) is 0 Å². The zero-order valence-electron chi connectivity index (χ0n) is 13.9. The molecule has 0 aromatic heterocycles. The average Bonchev–Trinajstić information content (AvgIpc) is 2.52. The third-order valence-electron chi connectivity index (χ3n) is 3.72. The van der Waals surface area contributed by atoms with E-state index in [1.807, 2.05) is 18.2 Å². The van der Waals surface area contributed by atoms with Crippen LogP contribution < -0.4 is 10.6 Å². The highest BCUT2D eigenvalue weighted by Crippen LogP contribution is 2.15. The molecule has 122 valence electrons. The number of benzene rings is 1. The van der Waals surface area contributed by atoms with Gasteiger partial charge in [-0.1, -0.05) is 43.7 Å². The van der Waals surface area contributed by atoms with Gasteiger partial charge in [-0.05, 0) is 38.7 Å². The number of rotatable bonds is 9. The molecule has 2 N–H and O–H groups in total. The third kappa shape index (κ3) is 5.88. The summed E-state index contributed by atoms with van der Waals surface area (Å²) in [5.74, 6) is -0.420. The van der Waals surface area contributed by atoms with Crippen molar-refractivity contribution >= 4 is 11.8 Å². The van der Waals surface area contributed by atoms with E-state index in [9.17, 15) is 9.59 Å². The number of carbonyl (C=O) groups excluding carboxylic acids is 2. The molecule has 1 aromatic carbocycles. The zero-order valence-corrected chi connectivity index (χ0v) is 13.9. The Morgan fingerprint density at radius 3 is 2.05 bits per heavy atom. The van der Waals surface area contributed by atoms with Crippen LogP contribution in [0.1, 0.15) is 45.6 Å². The van der Waals surface area contributed by atoms with Crippen molar-refractivity contribution in [1.29, 1.82) is 0 Å². The molecule has 4 heteroatoms. The van der Waals surface area contributed by atoms with E-state index in [-0.39, 0.29) is 11.8 Å². The number of aryl methyl sites for hydroxylation is 1. The molecule has 22 heavy (non-hydrogen) atoms. The van der Waals surface area contributed by atoms with Crippen molar-refractivity contribution in [3.63, 3.8) is 0 Å². The number of carbonyl (C=O) groups is 2. The van der Waals surface area contributed by atoms with Crippen molar-refractivity contribution in [3.05, 3.63) is 35.9 Å². The van der Waals surface area contributed by atoms with E-state index in [1.165, 1.54) is 5.56 Å². The number of hydrogen-bond donors (Lipinski definition) is 2. The van der Waals surface area contributed by atoms with Crippen LogP contribution in [-0.4, -0.2) is 24.9 Å². The SMILES string of the molecule is CCCCNC(=O)C(C)(C)C(=O)NCCCc1ccccc1. The topological polar surface area (TPSA) is 58.2 Å². The lowest BCUT2D eigenvalue weighted by Gasteiger charge is -2.22. The third-order valence-corrected chi connectivity index (χ3v) is 3.72. The van der Waals surface area contributed by atoms with Gasteiger partial charge in [0.25, 0.3) is 0 Å². The summed E-state index contributed by atoms with van der Waals surface area (Å²) in [6.07, 6.45) is 3.74. The Labute approximate surface area is 133 Å². The smallest absolute Gasteiger partial charge is 0.235 e. The van der Waals surface area contributed by atoms with Crippen molar-refractivity contribution < 1.29 is 9.59 Å². The van der Waals surface area contributed by atoms with Gasteiger partial charge in [-0.3, -0.25) is 9.59 Å². The van der Waals surface area contributed by atoms with E-state index >= 15 is 0 Å². The molecular formula is C18H28N2O2. The van der Waals surface area contributed by atoms with Gasteiger partial charge in [-0.15, -0.1) is 0 Å². The standard InChI is InChI=1S/C18H28N2O2/c1-4-5-13-19-16(21)18(2,3)17(22)20-14-9-12-15-10-7-6-8-11-15/h6-8,10-11H,4-5,9,12-14H2,1-3H3,(H,19,21)(H,20,22). The normalized spacial score (nSPS) is 11.0. The van der Waals surface area contributed by atoms with Crippen molar-refractivity contribution in [2.45, 2.75) is 46.5 Å². The van der Waals surface area contributed by atoms with Crippen molar-refractivity contribution in [3.8, 4) is 0 Å². The zero-order chi connectivity index (χ0) is 16.4. The van der Waals surface area contributed by atoms with Crippen molar-refractivity contribution in [1.82, 2.24) is 10.6 Å². The summed E-state index contributed by atoms with van der Waals surface area (Å²) >= 11 is 0. The van der Waals surface area contributed by atoms with Crippen LogP contribution >= 0.6 is 0 Å². The molecule has 0 aliphatic rings. The molecule has 0 aliphatic carbocycles. The van der Waals surface area contributed by atoms with E-state index < -0.39 is 5.41 Å². The van der Waals surface area contributed by atoms with Gasteiger partial charge in [0.05, 0.1) is 0 Å². The van der Waals surface area contributed by atoms with Gasteiger partial charge >= 0.3 is 0 Å². The molecule has 1 aromatic rings. The number of nitrogens with one attached hydrogen (secondary N) is 2. The first-order chi connectivity index (χ1) is 10.5. The van der Waals surface area contributed by atoms with Crippen LogP contribution in [0.25, 0.3) is 0 Å². The Kier molecular flexibility index (Phi) is 7.64. The summed E-state index contributed by atoms with van der Waals surface area (Å²) < 4.78 is 0. The Morgan fingerprint density at radius 1 is 0.955 bits per heavy atom. The molecule has 0 aliphatic heterocycles. The summed E-state index contributed by atoms with van der Waals surface area (Å²) in [5.41, 5.74) is 0.230. The Balaban J connectivity index is 2.32. The summed E-state index contributed by atoms with van der Waals surface area (Å²) in [6.45, 7) is 6.61. The maximum atomic E-state index is 12.2. The fourth-order valence-electron chi connectivity index (χ4n) is 2.06. The number of hydrogen-bond acceptors (Lipinski definition) is 2. The van der Waals surface area contributed by atoms with Crippen LogP contribution in [0.4, 0.5) is 0 Å². The monoisotopic (exact) mass is 304 g/mol. The largest absolute Gasteiger partial charge is 0.355 e. The first-order valence-electron chi connectivity index (χ1n) is 8.09.